The molecule has 0 unspecified atom stereocenters. The lowest BCUT2D eigenvalue weighted by Crippen LogP contribution is -2.33. The first-order valence-corrected chi connectivity index (χ1v) is 7.72. The van der Waals surface area contributed by atoms with Crippen LogP contribution in [0, 0.1) is 0 Å². The Bertz CT molecular complexity index is 594. The fourth-order valence-corrected chi connectivity index (χ4v) is 2.92. The highest BCUT2D eigenvalue weighted by atomic mass is 32.2. The molecule has 1 aromatic rings. The molecule has 20 heavy (non-hydrogen) atoms. The van der Waals surface area contributed by atoms with Crippen LogP contribution in [0.1, 0.15) is 24.2 Å². The quantitative estimate of drug-likeness (QED) is 0.811. The Morgan fingerprint density at radius 2 is 2.10 bits per heavy atom. The third-order valence-electron chi connectivity index (χ3n) is 2.91. The van der Waals surface area contributed by atoms with Crippen LogP contribution in [0.3, 0.4) is 0 Å². The van der Waals surface area contributed by atoms with Crippen molar-refractivity contribution in [3.05, 3.63) is 42.5 Å². The van der Waals surface area contributed by atoms with Gasteiger partial charge in [0.05, 0.1) is 4.90 Å². The van der Waals surface area contributed by atoms with Crippen molar-refractivity contribution >= 4 is 15.9 Å². The number of amides is 1. The topological polar surface area (TPSA) is 66.5 Å². The van der Waals surface area contributed by atoms with E-state index in [0.717, 1.165) is 0 Å². The number of sulfonamides is 1. The second kappa shape index (κ2) is 6.67. The van der Waals surface area contributed by atoms with E-state index in [9.17, 15) is 13.2 Å². The molecule has 1 aromatic carbocycles. The lowest BCUT2D eigenvalue weighted by atomic mass is 10.2. The summed E-state index contributed by atoms with van der Waals surface area (Å²) in [6.45, 7) is 7.42. The van der Waals surface area contributed by atoms with Crippen molar-refractivity contribution in [3.63, 3.8) is 0 Å². The lowest BCUT2D eigenvalue weighted by Gasteiger charge is -2.21. The molecule has 0 saturated heterocycles. The highest BCUT2D eigenvalue weighted by Crippen LogP contribution is 2.17. The average molecular weight is 296 g/mol. The van der Waals surface area contributed by atoms with Crippen LogP contribution in [0.15, 0.2) is 41.8 Å². The van der Waals surface area contributed by atoms with Gasteiger partial charge in [-0.05, 0) is 32.0 Å². The van der Waals surface area contributed by atoms with Crippen LogP contribution in [0.4, 0.5) is 0 Å². The smallest absolute Gasteiger partial charge is 0.251 e. The zero-order chi connectivity index (χ0) is 15.3. The maximum absolute atomic E-state index is 12.3. The van der Waals surface area contributed by atoms with Crippen molar-refractivity contribution in [2.45, 2.75) is 24.8 Å². The molecule has 0 aliphatic carbocycles. The molecule has 0 bridgehead atoms. The van der Waals surface area contributed by atoms with Gasteiger partial charge in [-0.1, -0.05) is 12.1 Å². The van der Waals surface area contributed by atoms with Crippen molar-refractivity contribution in [2.24, 2.45) is 0 Å². The predicted octanol–water partition coefficient (Wildman–Crippen LogP) is 1.63. The molecular formula is C14H20N2O3S. The number of nitrogens with one attached hydrogen (secondary N) is 1. The first-order valence-electron chi connectivity index (χ1n) is 6.28. The molecule has 0 spiro atoms. The Morgan fingerprint density at radius 1 is 1.45 bits per heavy atom. The molecule has 0 aromatic heterocycles. The summed E-state index contributed by atoms with van der Waals surface area (Å²) in [7, 11) is -2.06. The standard InChI is InChI=1S/C14H20N2O3S/c1-5-9-15-14(17)12-7-6-8-13(10-12)20(18,19)16(4)11(2)3/h5-8,10-11H,1,9H2,2-4H3,(H,15,17). The number of carbonyl (C=O) groups excluding carboxylic acids is 1. The number of benzene rings is 1. The van der Waals surface area contributed by atoms with Gasteiger partial charge in [0.25, 0.3) is 5.91 Å². The summed E-state index contributed by atoms with van der Waals surface area (Å²) in [6.07, 6.45) is 1.56. The van der Waals surface area contributed by atoms with Gasteiger partial charge in [-0.25, -0.2) is 8.42 Å². The molecule has 0 atom stereocenters. The van der Waals surface area contributed by atoms with Crippen LogP contribution in [-0.4, -0.2) is 38.3 Å². The largest absolute Gasteiger partial charge is 0.349 e. The Hall–Kier alpha value is -1.66. The Balaban J connectivity index is 3.10. The molecular weight excluding hydrogens is 276 g/mol. The van der Waals surface area contributed by atoms with Crippen molar-refractivity contribution in [2.75, 3.05) is 13.6 Å². The van der Waals surface area contributed by atoms with Crippen molar-refractivity contribution in [1.82, 2.24) is 9.62 Å². The zero-order valence-corrected chi connectivity index (χ0v) is 12.8. The summed E-state index contributed by atoms with van der Waals surface area (Å²) in [4.78, 5) is 11.9. The van der Waals surface area contributed by atoms with E-state index in [0.29, 0.717) is 12.1 Å². The molecule has 1 rings (SSSR count). The van der Waals surface area contributed by atoms with Gasteiger partial charge in [-0.2, -0.15) is 4.31 Å². The van der Waals surface area contributed by atoms with Crippen LogP contribution in [-0.2, 0) is 10.0 Å². The van der Waals surface area contributed by atoms with Gasteiger partial charge >= 0.3 is 0 Å². The van der Waals surface area contributed by atoms with Gasteiger partial charge < -0.3 is 5.32 Å². The molecule has 0 saturated carbocycles. The molecule has 5 nitrogen and oxygen atoms in total. The van der Waals surface area contributed by atoms with Crippen molar-refractivity contribution in [1.29, 1.82) is 0 Å². The third kappa shape index (κ3) is 3.68. The molecule has 0 heterocycles. The van der Waals surface area contributed by atoms with Gasteiger partial charge in [-0.15, -0.1) is 6.58 Å². The van der Waals surface area contributed by atoms with Crippen LogP contribution in [0.2, 0.25) is 0 Å². The predicted molar refractivity (Wildman–Crippen MR) is 79.1 cm³/mol. The fourth-order valence-electron chi connectivity index (χ4n) is 1.51. The van der Waals surface area contributed by atoms with E-state index < -0.39 is 10.0 Å². The minimum atomic E-state index is -3.58. The number of hydrogen-bond donors (Lipinski definition) is 1. The highest BCUT2D eigenvalue weighted by molar-refractivity contribution is 7.89. The zero-order valence-electron chi connectivity index (χ0n) is 12.0. The maximum atomic E-state index is 12.3. The summed E-state index contributed by atoms with van der Waals surface area (Å²) in [5, 5.41) is 2.61. The molecule has 110 valence electrons. The molecule has 0 radical (unpaired) electrons. The van der Waals surface area contributed by atoms with Crippen LogP contribution >= 0.6 is 0 Å². The molecule has 0 aliphatic heterocycles. The van der Waals surface area contributed by atoms with Gasteiger partial charge in [-0.3, -0.25) is 4.79 Å². The van der Waals surface area contributed by atoms with Gasteiger partial charge in [0.15, 0.2) is 0 Å². The van der Waals surface area contributed by atoms with Crippen LogP contribution in [0.5, 0.6) is 0 Å². The van der Waals surface area contributed by atoms with Crippen molar-refractivity contribution < 1.29 is 13.2 Å². The summed E-state index contributed by atoms with van der Waals surface area (Å²) in [5.74, 6) is -0.325. The Morgan fingerprint density at radius 3 is 2.65 bits per heavy atom. The molecule has 0 fully saturated rings. The van der Waals surface area contributed by atoms with E-state index in [1.165, 1.54) is 23.5 Å². The number of hydrogen-bond acceptors (Lipinski definition) is 3. The van der Waals surface area contributed by atoms with E-state index in [2.05, 4.69) is 11.9 Å². The van der Waals surface area contributed by atoms with Gasteiger partial charge in [0.1, 0.15) is 0 Å². The maximum Gasteiger partial charge on any atom is 0.251 e. The highest BCUT2D eigenvalue weighted by Gasteiger charge is 2.23. The summed E-state index contributed by atoms with van der Waals surface area (Å²) in [6, 6.07) is 5.85. The van der Waals surface area contributed by atoms with E-state index in [-0.39, 0.29) is 16.8 Å². The number of carbonyl (C=O) groups is 1. The Labute approximate surface area is 120 Å². The first-order chi connectivity index (χ1) is 9.30. The van der Waals surface area contributed by atoms with Crippen molar-refractivity contribution in [3.8, 4) is 0 Å². The SMILES string of the molecule is C=CCNC(=O)c1cccc(S(=O)(=O)N(C)C(C)C)c1. The fraction of sp³-hybridized carbons (Fsp3) is 0.357. The van der Waals surface area contributed by atoms with E-state index in [1.54, 1.807) is 32.1 Å². The molecule has 6 heteroatoms. The van der Waals surface area contributed by atoms with Crippen LogP contribution < -0.4 is 5.32 Å². The lowest BCUT2D eigenvalue weighted by molar-refractivity contribution is 0.0958. The average Bonchev–Trinajstić information content (AvgIpc) is 2.43. The monoisotopic (exact) mass is 296 g/mol. The minimum Gasteiger partial charge on any atom is -0.349 e. The minimum absolute atomic E-state index is 0.111. The normalized spacial score (nSPS) is 11.7. The summed E-state index contributed by atoms with van der Waals surface area (Å²) < 4.78 is 26.0. The van der Waals surface area contributed by atoms with E-state index in [1.807, 2.05) is 0 Å². The van der Waals surface area contributed by atoms with Gasteiger partial charge in [0, 0.05) is 25.2 Å². The molecule has 1 amide bonds. The summed E-state index contributed by atoms with van der Waals surface area (Å²) in [5.41, 5.74) is 0.310. The molecule has 1 N–H and O–H groups in total. The van der Waals surface area contributed by atoms with Gasteiger partial charge in [0.2, 0.25) is 10.0 Å². The van der Waals surface area contributed by atoms with Crippen LogP contribution in [0.25, 0.3) is 0 Å². The third-order valence-corrected chi connectivity index (χ3v) is 4.94. The van der Waals surface area contributed by atoms with E-state index in [4.69, 9.17) is 0 Å². The second-order valence-corrected chi connectivity index (χ2v) is 6.64. The second-order valence-electron chi connectivity index (χ2n) is 4.64. The summed E-state index contributed by atoms with van der Waals surface area (Å²) >= 11 is 0. The molecule has 0 aliphatic rings. The number of rotatable bonds is 6. The first kappa shape index (κ1) is 16.4. The van der Waals surface area contributed by atoms with E-state index >= 15 is 0 Å². The Kier molecular flexibility index (Phi) is 5.47. The number of nitrogens with zero attached hydrogens (tertiary/aromatic N) is 1.